The Morgan fingerprint density at radius 3 is 2.27 bits per heavy atom. The second kappa shape index (κ2) is 11.6. The molecule has 5 nitrogen and oxygen atoms in total. The van der Waals surface area contributed by atoms with Crippen molar-refractivity contribution in [3.8, 4) is 5.75 Å². The third-order valence-corrected chi connectivity index (χ3v) is 5.85. The molecule has 7 heteroatoms. The summed E-state index contributed by atoms with van der Waals surface area (Å²) < 4.78 is 19.9. The van der Waals surface area contributed by atoms with Gasteiger partial charge in [0.05, 0.1) is 4.47 Å². The lowest BCUT2D eigenvalue weighted by atomic mass is 9.87. The number of rotatable bonds is 9. The van der Waals surface area contributed by atoms with Gasteiger partial charge < -0.3 is 15.0 Å². The maximum atomic E-state index is 13.4. The second-order valence-electron chi connectivity index (χ2n) is 9.42. The summed E-state index contributed by atoms with van der Waals surface area (Å²) in [5, 5.41) is 2.89. The third-order valence-electron chi connectivity index (χ3n) is 5.23. The summed E-state index contributed by atoms with van der Waals surface area (Å²) in [6.45, 7) is 11.9. The minimum Gasteiger partial charge on any atom is -0.483 e. The van der Waals surface area contributed by atoms with Crippen LogP contribution in [0.2, 0.25) is 0 Å². The Morgan fingerprint density at radius 2 is 1.76 bits per heavy atom. The molecule has 0 bridgehead atoms. The molecule has 1 atom stereocenters. The smallest absolute Gasteiger partial charge is 0.261 e. The summed E-state index contributed by atoms with van der Waals surface area (Å²) in [5.74, 6) is -0.346. The number of halogens is 2. The van der Waals surface area contributed by atoms with Crippen molar-refractivity contribution in [1.82, 2.24) is 10.2 Å². The van der Waals surface area contributed by atoms with Gasteiger partial charge in [0, 0.05) is 12.6 Å². The zero-order valence-electron chi connectivity index (χ0n) is 20.2. The van der Waals surface area contributed by atoms with Gasteiger partial charge in [0.2, 0.25) is 5.91 Å². The fraction of sp³-hybridized carbons (Fsp3) is 0.462. The number of benzene rings is 2. The quantitative estimate of drug-likeness (QED) is 0.468. The number of carbonyl (C=O) groups excluding carboxylic acids is 2. The molecule has 0 saturated carbocycles. The number of amides is 2. The van der Waals surface area contributed by atoms with Gasteiger partial charge >= 0.3 is 0 Å². The summed E-state index contributed by atoms with van der Waals surface area (Å²) in [5.41, 5.74) is 1.86. The van der Waals surface area contributed by atoms with Gasteiger partial charge in [-0.1, -0.05) is 45.9 Å². The van der Waals surface area contributed by atoms with Gasteiger partial charge in [0.1, 0.15) is 17.6 Å². The Balaban J connectivity index is 2.23. The zero-order chi connectivity index (χ0) is 24.8. The monoisotopic (exact) mass is 520 g/mol. The van der Waals surface area contributed by atoms with Crippen molar-refractivity contribution < 1.29 is 18.7 Å². The number of hydrogen-bond acceptors (Lipinski definition) is 3. The standard InChI is InChI=1S/C26H34BrFN2O3/c1-7-22(25(32)29-17(2)3)30(15-18-8-11-20(28)12-9-18)24(31)16-33-23-13-10-19(14-21(23)27)26(4,5)6/h8-14,17,22H,7,15-16H2,1-6H3,(H,29,32)/t22-/m0/s1. The number of hydrogen-bond donors (Lipinski definition) is 1. The molecule has 0 fully saturated rings. The Labute approximate surface area is 204 Å². The number of nitrogens with zero attached hydrogens (tertiary/aromatic N) is 1. The van der Waals surface area contributed by atoms with Gasteiger partial charge in [0.25, 0.3) is 5.91 Å². The molecule has 2 aromatic rings. The molecule has 2 amide bonds. The summed E-state index contributed by atoms with van der Waals surface area (Å²) in [6.07, 6.45) is 0.440. The normalized spacial score (nSPS) is 12.4. The van der Waals surface area contributed by atoms with Gasteiger partial charge in [-0.15, -0.1) is 0 Å². The highest BCUT2D eigenvalue weighted by Gasteiger charge is 2.29. The fourth-order valence-electron chi connectivity index (χ4n) is 3.39. The molecular weight excluding hydrogens is 487 g/mol. The van der Waals surface area contributed by atoms with Gasteiger partial charge in [-0.3, -0.25) is 9.59 Å². The maximum absolute atomic E-state index is 13.4. The van der Waals surface area contributed by atoms with E-state index in [-0.39, 0.29) is 42.2 Å². The van der Waals surface area contributed by atoms with Crippen molar-refractivity contribution in [3.05, 3.63) is 63.9 Å². The van der Waals surface area contributed by atoms with Crippen LogP contribution in [-0.2, 0) is 21.5 Å². The Bertz CT molecular complexity index is 955. The van der Waals surface area contributed by atoms with Gasteiger partial charge in [-0.05, 0) is 77.0 Å². The van der Waals surface area contributed by atoms with Crippen LogP contribution >= 0.6 is 15.9 Å². The molecule has 2 rings (SSSR count). The van der Waals surface area contributed by atoms with Crippen molar-refractivity contribution in [1.29, 1.82) is 0 Å². The van der Waals surface area contributed by atoms with Crippen LogP contribution < -0.4 is 10.1 Å². The molecule has 0 aliphatic rings. The first-order valence-corrected chi connectivity index (χ1v) is 12.0. The van der Waals surface area contributed by atoms with E-state index >= 15 is 0 Å². The summed E-state index contributed by atoms with van der Waals surface area (Å²) >= 11 is 3.53. The van der Waals surface area contributed by atoms with E-state index in [4.69, 9.17) is 4.74 Å². The van der Waals surface area contributed by atoms with E-state index in [0.717, 1.165) is 15.6 Å². The molecule has 0 spiro atoms. The average Bonchev–Trinajstić information content (AvgIpc) is 2.72. The van der Waals surface area contributed by atoms with Crippen LogP contribution in [0.25, 0.3) is 0 Å². The minimum absolute atomic E-state index is 0.0129. The van der Waals surface area contributed by atoms with E-state index in [1.807, 2.05) is 39.0 Å². The Hall–Kier alpha value is -2.41. The first kappa shape index (κ1) is 26.8. The van der Waals surface area contributed by atoms with E-state index in [2.05, 4.69) is 42.0 Å². The highest BCUT2D eigenvalue weighted by Crippen LogP contribution is 2.31. The van der Waals surface area contributed by atoms with Gasteiger partial charge in [0.15, 0.2) is 6.61 Å². The lowest BCUT2D eigenvalue weighted by molar-refractivity contribution is -0.143. The predicted molar refractivity (Wildman–Crippen MR) is 133 cm³/mol. The molecule has 0 aromatic heterocycles. The zero-order valence-corrected chi connectivity index (χ0v) is 21.8. The van der Waals surface area contributed by atoms with Crippen molar-refractivity contribution in [2.75, 3.05) is 6.61 Å². The second-order valence-corrected chi connectivity index (χ2v) is 10.3. The first-order chi connectivity index (χ1) is 15.4. The minimum atomic E-state index is -0.666. The topological polar surface area (TPSA) is 58.6 Å². The summed E-state index contributed by atoms with van der Waals surface area (Å²) in [4.78, 5) is 27.6. The highest BCUT2D eigenvalue weighted by atomic mass is 79.9. The van der Waals surface area contributed by atoms with Crippen LogP contribution in [-0.4, -0.2) is 35.4 Å². The van der Waals surface area contributed by atoms with Crippen LogP contribution in [0.4, 0.5) is 4.39 Å². The molecule has 1 N–H and O–H groups in total. The number of nitrogens with one attached hydrogen (secondary N) is 1. The molecule has 0 radical (unpaired) electrons. The van der Waals surface area contributed by atoms with Crippen LogP contribution in [0.1, 0.15) is 59.1 Å². The fourth-order valence-corrected chi connectivity index (χ4v) is 3.89. The molecule has 2 aromatic carbocycles. The van der Waals surface area contributed by atoms with Crippen LogP contribution in [0.15, 0.2) is 46.9 Å². The Morgan fingerprint density at radius 1 is 1.12 bits per heavy atom. The van der Waals surface area contributed by atoms with E-state index in [9.17, 15) is 14.0 Å². The lowest BCUT2D eigenvalue weighted by Gasteiger charge is -2.31. The van der Waals surface area contributed by atoms with E-state index in [0.29, 0.717) is 12.2 Å². The van der Waals surface area contributed by atoms with Crippen molar-refractivity contribution in [2.45, 2.75) is 72.0 Å². The Kier molecular flexibility index (Phi) is 9.46. The molecule has 0 aliphatic heterocycles. The third kappa shape index (κ3) is 7.84. The van der Waals surface area contributed by atoms with Crippen molar-refractivity contribution in [2.24, 2.45) is 0 Å². The molecule has 0 unspecified atom stereocenters. The predicted octanol–water partition coefficient (Wildman–Crippen LogP) is 5.60. The van der Waals surface area contributed by atoms with E-state index < -0.39 is 6.04 Å². The maximum Gasteiger partial charge on any atom is 0.261 e. The molecule has 0 saturated heterocycles. The summed E-state index contributed by atoms with van der Waals surface area (Å²) in [6, 6.07) is 11.0. The number of ether oxygens (including phenoxy) is 1. The van der Waals surface area contributed by atoms with Crippen molar-refractivity contribution >= 4 is 27.7 Å². The van der Waals surface area contributed by atoms with E-state index in [1.165, 1.54) is 17.0 Å². The molecule has 180 valence electrons. The van der Waals surface area contributed by atoms with Crippen LogP contribution in [0, 0.1) is 5.82 Å². The lowest BCUT2D eigenvalue weighted by Crippen LogP contribution is -2.51. The average molecular weight is 521 g/mol. The molecule has 0 aliphatic carbocycles. The molecular formula is C26H34BrFN2O3. The van der Waals surface area contributed by atoms with Crippen LogP contribution in [0.3, 0.4) is 0 Å². The van der Waals surface area contributed by atoms with Gasteiger partial charge in [-0.2, -0.15) is 0 Å². The summed E-state index contributed by atoms with van der Waals surface area (Å²) in [7, 11) is 0. The number of carbonyl (C=O) groups is 2. The van der Waals surface area contributed by atoms with Gasteiger partial charge in [-0.25, -0.2) is 4.39 Å². The SMILES string of the molecule is CC[C@@H](C(=O)NC(C)C)N(Cc1ccc(F)cc1)C(=O)COc1ccc(C(C)(C)C)cc1Br. The van der Waals surface area contributed by atoms with Crippen LogP contribution in [0.5, 0.6) is 5.75 Å². The van der Waals surface area contributed by atoms with E-state index in [1.54, 1.807) is 12.1 Å². The molecule has 0 heterocycles. The largest absolute Gasteiger partial charge is 0.483 e. The first-order valence-electron chi connectivity index (χ1n) is 11.2. The highest BCUT2D eigenvalue weighted by molar-refractivity contribution is 9.10. The van der Waals surface area contributed by atoms with Crippen molar-refractivity contribution in [3.63, 3.8) is 0 Å². The molecule has 33 heavy (non-hydrogen) atoms.